The van der Waals surface area contributed by atoms with E-state index in [1.165, 1.54) is 0 Å². The number of carbonyl (C=O) groups excluding carboxylic acids is 3. The van der Waals surface area contributed by atoms with E-state index in [0.29, 0.717) is 12.8 Å². The first-order valence-corrected chi connectivity index (χ1v) is 22.2. The molecule has 0 aliphatic heterocycles. The summed E-state index contributed by atoms with van der Waals surface area (Å²) in [5.41, 5.74) is 0. The predicted molar refractivity (Wildman–Crippen MR) is 246 cm³/mol. The second-order valence-corrected chi connectivity index (χ2v) is 13.9. The van der Waals surface area contributed by atoms with Gasteiger partial charge >= 0.3 is 17.9 Å². The molecule has 0 N–H and O–H groups in total. The van der Waals surface area contributed by atoms with E-state index >= 15 is 0 Å². The first-order chi connectivity index (χ1) is 28.5. The number of allylic oxidation sites excluding steroid dienone is 22. The number of unbranched alkanes of at least 4 members (excludes halogenated alkanes) is 6. The summed E-state index contributed by atoms with van der Waals surface area (Å²) in [4.78, 5) is 37.7. The molecule has 0 spiro atoms. The number of hydrogen-bond donors (Lipinski definition) is 0. The summed E-state index contributed by atoms with van der Waals surface area (Å²) < 4.78 is 16.5. The molecule has 0 heterocycles. The molecule has 58 heavy (non-hydrogen) atoms. The van der Waals surface area contributed by atoms with Crippen LogP contribution in [0.25, 0.3) is 0 Å². The van der Waals surface area contributed by atoms with Crippen LogP contribution in [-0.4, -0.2) is 37.2 Å². The zero-order chi connectivity index (χ0) is 42.3. The maximum Gasteiger partial charge on any atom is 0.306 e. The fraction of sp³-hybridized carbons (Fsp3) is 0.519. The summed E-state index contributed by atoms with van der Waals surface area (Å²) in [7, 11) is 0. The van der Waals surface area contributed by atoms with Crippen LogP contribution in [0.1, 0.15) is 156 Å². The Labute approximate surface area is 354 Å². The van der Waals surface area contributed by atoms with E-state index in [-0.39, 0.29) is 50.4 Å². The van der Waals surface area contributed by atoms with Gasteiger partial charge in [-0.15, -0.1) is 0 Å². The summed E-state index contributed by atoms with van der Waals surface area (Å²) in [5.74, 6) is -1.12. The van der Waals surface area contributed by atoms with Crippen molar-refractivity contribution in [3.05, 3.63) is 134 Å². The highest BCUT2D eigenvalue weighted by atomic mass is 16.6. The minimum absolute atomic E-state index is 0.142. The van der Waals surface area contributed by atoms with Gasteiger partial charge < -0.3 is 14.2 Å². The molecular formula is C52H78O6. The first kappa shape index (κ1) is 53.6. The van der Waals surface area contributed by atoms with E-state index in [0.717, 1.165) is 103 Å². The number of carbonyl (C=O) groups is 3. The quantitative estimate of drug-likeness (QED) is 0.0205. The molecule has 6 nitrogen and oxygen atoms in total. The smallest absolute Gasteiger partial charge is 0.306 e. The highest BCUT2D eigenvalue weighted by Gasteiger charge is 2.19. The second kappa shape index (κ2) is 45.3. The lowest BCUT2D eigenvalue weighted by Gasteiger charge is -2.18. The second-order valence-electron chi connectivity index (χ2n) is 13.9. The molecule has 1 unspecified atom stereocenters. The largest absolute Gasteiger partial charge is 0.462 e. The van der Waals surface area contributed by atoms with Crippen molar-refractivity contribution in [1.29, 1.82) is 0 Å². The molecule has 0 fully saturated rings. The van der Waals surface area contributed by atoms with Crippen molar-refractivity contribution >= 4 is 17.9 Å². The van der Waals surface area contributed by atoms with Crippen molar-refractivity contribution in [2.75, 3.05) is 13.2 Å². The van der Waals surface area contributed by atoms with Crippen molar-refractivity contribution in [3.63, 3.8) is 0 Å². The summed E-state index contributed by atoms with van der Waals surface area (Å²) in [6.07, 6.45) is 63.1. The van der Waals surface area contributed by atoms with Gasteiger partial charge in [0.1, 0.15) is 13.2 Å². The molecule has 322 valence electrons. The average molecular weight is 799 g/mol. The SMILES string of the molecule is CC\C=C/C=C\C=C/CCCCCCCC(=O)OC(COC(=O)CC/C=C\C/C=C\C/C=C\C/C=C\C/C=C\CC)COC(=O)CCC/C=C\C/C=C\C/C=C\CC. The number of esters is 3. The average Bonchev–Trinajstić information content (AvgIpc) is 3.22. The van der Waals surface area contributed by atoms with Crippen molar-refractivity contribution in [3.8, 4) is 0 Å². The van der Waals surface area contributed by atoms with Crippen LogP contribution in [0.4, 0.5) is 0 Å². The lowest BCUT2D eigenvalue weighted by molar-refractivity contribution is -0.166. The van der Waals surface area contributed by atoms with Crippen molar-refractivity contribution in [1.82, 2.24) is 0 Å². The molecule has 6 heteroatoms. The topological polar surface area (TPSA) is 78.9 Å². The number of ether oxygens (including phenoxy) is 3. The van der Waals surface area contributed by atoms with E-state index in [1.54, 1.807) is 0 Å². The lowest BCUT2D eigenvalue weighted by Crippen LogP contribution is -2.30. The minimum atomic E-state index is -0.841. The summed E-state index contributed by atoms with van der Waals surface area (Å²) in [6, 6.07) is 0. The van der Waals surface area contributed by atoms with Crippen LogP contribution in [0.3, 0.4) is 0 Å². The number of rotatable bonds is 37. The Morgan fingerprint density at radius 3 is 1.29 bits per heavy atom. The molecule has 0 saturated carbocycles. The molecule has 0 radical (unpaired) electrons. The van der Waals surface area contributed by atoms with E-state index in [4.69, 9.17) is 14.2 Å². The highest BCUT2D eigenvalue weighted by molar-refractivity contribution is 5.71. The Balaban J connectivity index is 4.62. The van der Waals surface area contributed by atoms with Gasteiger partial charge in [0.2, 0.25) is 0 Å². The molecule has 0 aromatic heterocycles. The third kappa shape index (κ3) is 42.7. The molecule has 0 amide bonds. The van der Waals surface area contributed by atoms with Crippen LogP contribution in [0.15, 0.2) is 134 Å². The Morgan fingerprint density at radius 1 is 0.362 bits per heavy atom. The van der Waals surface area contributed by atoms with Crippen LogP contribution in [0.2, 0.25) is 0 Å². The van der Waals surface area contributed by atoms with Crippen LogP contribution in [0.5, 0.6) is 0 Å². The third-order valence-corrected chi connectivity index (χ3v) is 8.46. The van der Waals surface area contributed by atoms with Gasteiger partial charge in [0.05, 0.1) is 0 Å². The highest BCUT2D eigenvalue weighted by Crippen LogP contribution is 2.11. The van der Waals surface area contributed by atoms with E-state index in [9.17, 15) is 14.4 Å². The Morgan fingerprint density at radius 2 is 0.759 bits per heavy atom. The molecule has 0 aromatic rings. The molecular weight excluding hydrogens is 721 g/mol. The summed E-state index contributed by atoms with van der Waals surface area (Å²) in [6.45, 7) is 6.09. The Bertz CT molecular complexity index is 1330. The fourth-order valence-electron chi connectivity index (χ4n) is 5.22. The van der Waals surface area contributed by atoms with Gasteiger partial charge in [0, 0.05) is 19.3 Å². The summed E-state index contributed by atoms with van der Waals surface area (Å²) in [5, 5.41) is 0. The van der Waals surface area contributed by atoms with Crippen LogP contribution < -0.4 is 0 Å². The van der Waals surface area contributed by atoms with Crippen LogP contribution in [-0.2, 0) is 28.6 Å². The monoisotopic (exact) mass is 799 g/mol. The molecule has 0 rings (SSSR count). The Hall–Kier alpha value is -4.45. The fourth-order valence-corrected chi connectivity index (χ4v) is 5.22. The van der Waals surface area contributed by atoms with E-state index in [2.05, 4.69) is 130 Å². The maximum absolute atomic E-state index is 12.7. The zero-order valence-corrected chi connectivity index (χ0v) is 36.5. The summed E-state index contributed by atoms with van der Waals surface area (Å²) >= 11 is 0. The lowest BCUT2D eigenvalue weighted by atomic mass is 10.1. The van der Waals surface area contributed by atoms with Gasteiger partial charge in [-0.25, -0.2) is 0 Å². The van der Waals surface area contributed by atoms with Crippen LogP contribution in [0, 0.1) is 0 Å². The standard InChI is InChI=1S/C52H78O6/c1-4-7-10-13-16-19-22-24-25-26-28-30-33-36-39-42-45-51(54)57-48-49(47-56-50(53)44-41-38-35-32-29-21-18-15-12-9-6-3)58-52(55)46-43-40-37-34-31-27-23-20-17-14-11-8-5-2/h7-12,14,16-21,23-25,28,30,32,35-36,39,49H,4-6,13,15,22,26-27,29,31,33-34,37-38,40-48H2,1-3H3/b10-7-,11-8-,12-9-,17-14-,19-16-,21-18-,23-20-,25-24-,30-28-,35-32-,39-36-. The van der Waals surface area contributed by atoms with E-state index < -0.39 is 6.10 Å². The van der Waals surface area contributed by atoms with Gasteiger partial charge in [0.25, 0.3) is 0 Å². The van der Waals surface area contributed by atoms with Crippen molar-refractivity contribution in [2.24, 2.45) is 0 Å². The zero-order valence-electron chi connectivity index (χ0n) is 36.5. The Kier molecular flexibility index (Phi) is 41.8. The van der Waals surface area contributed by atoms with Gasteiger partial charge in [-0.3, -0.25) is 14.4 Å². The predicted octanol–water partition coefficient (Wildman–Crippen LogP) is 14.4. The molecule has 0 aliphatic rings. The first-order valence-electron chi connectivity index (χ1n) is 22.2. The van der Waals surface area contributed by atoms with Gasteiger partial charge in [-0.1, -0.05) is 174 Å². The third-order valence-electron chi connectivity index (χ3n) is 8.46. The van der Waals surface area contributed by atoms with E-state index in [1.807, 2.05) is 24.3 Å². The van der Waals surface area contributed by atoms with Gasteiger partial charge in [-0.05, 0) is 96.3 Å². The van der Waals surface area contributed by atoms with Gasteiger partial charge in [-0.2, -0.15) is 0 Å². The van der Waals surface area contributed by atoms with Crippen LogP contribution >= 0.6 is 0 Å². The van der Waals surface area contributed by atoms with Gasteiger partial charge in [0.15, 0.2) is 6.10 Å². The molecule has 0 bridgehead atoms. The van der Waals surface area contributed by atoms with Crippen molar-refractivity contribution in [2.45, 2.75) is 162 Å². The normalized spacial score (nSPS) is 13.4. The molecule has 1 atom stereocenters. The molecule has 0 saturated heterocycles. The number of hydrogen-bond acceptors (Lipinski definition) is 6. The molecule has 0 aromatic carbocycles. The molecule has 0 aliphatic carbocycles. The van der Waals surface area contributed by atoms with Crippen molar-refractivity contribution < 1.29 is 28.6 Å². The minimum Gasteiger partial charge on any atom is -0.462 e. The maximum atomic E-state index is 12.7.